The summed E-state index contributed by atoms with van der Waals surface area (Å²) in [7, 11) is 0. The molecule has 1 aliphatic carbocycles. The van der Waals surface area contributed by atoms with Crippen LogP contribution in [0.15, 0.2) is 30.3 Å². The summed E-state index contributed by atoms with van der Waals surface area (Å²) in [6.07, 6.45) is 2.24. The largest absolute Gasteiger partial charge is 0.394 e. The molecule has 1 fully saturated rings. The number of anilines is 4. The summed E-state index contributed by atoms with van der Waals surface area (Å²) < 4.78 is 13.3. The number of nitrogens with zero attached hydrogens (tertiary/aromatic N) is 3. The summed E-state index contributed by atoms with van der Waals surface area (Å²) in [5.41, 5.74) is 1.66. The second-order valence-corrected chi connectivity index (χ2v) is 8.18. The summed E-state index contributed by atoms with van der Waals surface area (Å²) in [6.45, 7) is -0.994. The molecule has 12 heteroatoms. The summed E-state index contributed by atoms with van der Waals surface area (Å²) in [5.74, 6) is 1.13. The van der Waals surface area contributed by atoms with Crippen LogP contribution in [0, 0.1) is 5.82 Å². The number of hydrogen-bond acceptors (Lipinski definition) is 9. The molecule has 4 rings (SSSR count). The lowest BCUT2D eigenvalue weighted by Crippen LogP contribution is -2.28. The monoisotopic (exact) mass is 477 g/mol. The van der Waals surface area contributed by atoms with Gasteiger partial charge in [-0.1, -0.05) is 23.7 Å². The molecule has 0 spiro atoms. The minimum Gasteiger partial charge on any atom is -0.394 e. The summed E-state index contributed by atoms with van der Waals surface area (Å²) in [4.78, 5) is 8.76. The number of aromatic amines is 1. The van der Waals surface area contributed by atoms with Gasteiger partial charge in [0.05, 0.1) is 31.9 Å². The van der Waals surface area contributed by atoms with Gasteiger partial charge in [0.1, 0.15) is 10.8 Å². The summed E-state index contributed by atoms with van der Waals surface area (Å²) >= 11 is 6.51. The molecule has 1 saturated carbocycles. The molecule has 1 aromatic carbocycles. The van der Waals surface area contributed by atoms with E-state index in [4.69, 9.17) is 11.6 Å². The SMILES string of the molecule is OCC(CO)Nc1nc(NC(CO)c2ccc(F)cc2)nc(Nc2cc(C3CC3)[nH]n2)c1Cl. The first-order chi connectivity index (χ1) is 16.0. The summed E-state index contributed by atoms with van der Waals surface area (Å²) in [5, 5.41) is 45.1. The van der Waals surface area contributed by atoms with E-state index in [2.05, 4.69) is 36.1 Å². The Morgan fingerprint density at radius 2 is 1.73 bits per heavy atom. The van der Waals surface area contributed by atoms with Crippen LogP contribution < -0.4 is 16.0 Å². The number of H-pyrrole nitrogens is 1. The third kappa shape index (κ3) is 5.69. The van der Waals surface area contributed by atoms with Gasteiger partial charge in [0.25, 0.3) is 0 Å². The second kappa shape index (κ2) is 10.3. The number of halogens is 2. The Labute approximate surface area is 194 Å². The number of nitrogens with one attached hydrogen (secondary N) is 4. The van der Waals surface area contributed by atoms with Crippen LogP contribution in [-0.2, 0) is 0 Å². The number of rotatable bonds is 11. The van der Waals surface area contributed by atoms with Gasteiger partial charge in [0.15, 0.2) is 17.5 Å². The molecular formula is C21H25ClFN7O3. The van der Waals surface area contributed by atoms with Crippen LogP contribution in [0.3, 0.4) is 0 Å². The Bertz CT molecular complexity index is 1070. The Morgan fingerprint density at radius 3 is 2.36 bits per heavy atom. The number of aromatic nitrogens is 4. The third-order valence-corrected chi connectivity index (χ3v) is 5.61. The van der Waals surface area contributed by atoms with Gasteiger partial charge >= 0.3 is 0 Å². The first-order valence-corrected chi connectivity index (χ1v) is 10.9. The molecule has 7 N–H and O–H groups in total. The molecule has 1 aliphatic rings. The van der Waals surface area contributed by atoms with Gasteiger partial charge < -0.3 is 31.3 Å². The minimum atomic E-state index is -0.698. The van der Waals surface area contributed by atoms with Crippen LogP contribution in [0.1, 0.15) is 36.1 Å². The van der Waals surface area contributed by atoms with Crippen molar-refractivity contribution in [2.45, 2.75) is 30.8 Å². The standard InChI is InChI=1S/C21H25ClFN7O3/c22-18-19(24-14(8-31)9-32)27-21(25-16(10-33)12-3-5-13(23)6-4-12)28-20(18)26-17-7-15(29-30-17)11-1-2-11/h3-7,11,14,16,31-33H,1-2,8-10H2,(H4,24,25,26,27,28,29,30). The van der Waals surface area contributed by atoms with Gasteiger partial charge in [-0.15, -0.1) is 0 Å². The molecule has 33 heavy (non-hydrogen) atoms. The van der Waals surface area contributed by atoms with Crippen molar-refractivity contribution in [1.82, 2.24) is 20.2 Å². The molecule has 1 unspecified atom stereocenters. The fourth-order valence-electron chi connectivity index (χ4n) is 3.24. The van der Waals surface area contributed by atoms with Crippen LogP contribution >= 0.6 is 11.6 Å². The highest BCUT2D eigenvalue weighted by Gasteiger charge is 2.26. The molecule has 0 aliphatic heterocycles. The molecule has 10 nitrogen and oxygen atoms in total. The van der Waals surface area contributed by atoms with Crippen molar-refractivity contribution in [3.8, 4) is 0 Å². The average molecular weight is 478 g/mol. The number of benzene rings is 1. The Hall–Kier alpha value is -2.99. The lowest BCUT2D eigenvalue weighted by Gasteiger charge is -2.20. The molecule has 0 saturated heterocycles. The fourth-order valence-corrected chi connectivity index (χ4v) is 3.43. The number of aliphatic hydroxyl groups excluding tert-OH is 3. The van der Waals surface area contributed by atoms with E-state index in [1.165, 1.54) is 12.1 Å². The molecule has 1 atom stereocenters. The highest BCUT2D eigenvalue weighted by molar-refractivity contribution is 6.35. The van der Waals surface area contributed by atoms with Crippen molar-refractivity contribution in [3.63, 3.8) is 0 Å². The van der Waals surface area contributed by atoms with E-state index in [1.54, 1.807) is 12.1 Å². The predicted octanol–water partition coefficient (Wildman–Crippen LogP) is 2.52. The van der Waals surface area contributed by atoms with Crippen LogP contribution in [0.5, 0.6) is 0 Å². The molecule has 176 valence electrons. The van der Waals surface area contributed by atoms with Crippen molar-refractivity contribution in [2.24, 2.45) is 0 Å². The van der Waals surface area contributed by atoms with Gasteiger partial charge in [-0.3, -0.25) is 5.10 Å². The zero-order chi connectivity index (χ0) is 23.4. The van der Waals surface area contributed by atoms with Gasteiger partial charge in [-0.2, -0.15) is 15.1 Å². The van der Waals surface area contributed by atoms with E-state index in [1.807, 2.05) is 6.07 Å². The molecule has 2 heterocycles. The molecule has 3 aromatic rings. The van der Waals surface area contributed by atoms with Crippen molar-refractivity contribution < 1.29 is 19.7 Å². The highest BCUT2D eigenvalue weighted by atomic mass is 35.5. The van der Waals surface area contributed by atoms with E-state index in [0.717, 1.165) is 18.5 Å². The quantitative estimate of drug-likeness (QED) is 0.221. The van der Waals surface area contributed by atoms with Crippen molar-refractivity contribution in [2.75, 3.05) is 35.8 Å². The minimum absolute atomic E-state index is 0.111. The Balaban J connectivity index is 1.63. The topological polar surface area (TPSA) is 151 Å². The maximum atomic E-state index is 13.3. The van der Waals surface area contributed by atoms with Crippen molar-refractivity contribution >= 4 is 35.0 Å². The fraction of sp³-hybridized carbons (Fsp3) is 0.381. The lowest BCUT2D eigenvalue weighted by atomic mass is 10.1. The van der Waals surface area contributed by atoms with E-state index >= 15 is 0 Å². The van der Waals surface area contributed by atoms with Gasteiger partial charge in [-0.05, 0) is 30.5 Å². The zero-order valence-corrected chi connectivity index (χ0v) is 18.3. The normalized spacial score (nSPS) is 14.4. The molecular weight excluding hydrogens is 453 g/mol. The smallest absolute Gasteiger partial charge is 0.227 e. The van der Waals surface area contributed by atoms with E-state index in [0.29, 0.717) is 17.3 Å². The maximum absolute atomic E-state index is 13.3. The maximum Gasteiger partial charge on any atom is 0.227 e. The Morgan fingerprint density at radius 1 is 1.03 bits per heavy atom. The predicted molar refractivity (Wildman–Crippen MR) is 122 cm³/mol. The molecule has 2 aromatic heterocycles. The molecule has 0 radical (unpaired) electrons. The Kier molecular flexibility index (Phi) is 7.23. The van der Waals surface area contributed by atoms with Gasteiger partial charge in [0, 0.05) is 17.7 Å². The first-order valence-electron chi connectivity index (χ1n) is 10.5. The third-order valence-electron chi connectivity index (χ3n) is 5.25. The number of aliphatic hydroxyl groups is 3. The van der Waals surface area contributed by atoms with E-state index < -0.39 is 12.1 Å². The van der Waals surface area contributed by atoms with Crippen LogP contribution in [0.4, 0.5) is 27.8 Å². The van der Waals surface area contributed by atoms with Gasteiger partial charge in [0.2, 0.25) is 5.95 Å². The van der Waals surface area contributed by atoms with E-state index in [9.17, 15) is 19.7 Å². The number of hydrogen-bond donors (Lipinski definition) is 7. The average Bonchev–Trinajstić information content (AvgIpc) is 3.57. The van der Waals surface area contributed by atoms with Crippen molar-refractivity contribution in [3.05, 3.63) is 52.4 Å². The molecule has 0 amide bonds. The second-order valence-electron chi connectivity index (χ2n) is 7.80. The van der Waals surface area contributed by atoms with Crippen LogP contribution in [-0.4, -0.2) is 61.3 Å². The lowest BCUT2D eigenvalue weighted by molar-refractivity contribution is 0.203. The highest BCUT2D eigenvalue weighted by Crippen LogP contribution is 2.40. The van der Waals surface area contributed by atoms with E-state index in [-0.39, 0.29) is 48.2 Å². The van der Waals surface area contributed by atoms with Crippen LogP contribution in [0.2, 0.25) is 5.02 Å². The van der Waals surface area contributed by atoms with Crippen molar-refractivity contribution in [1.29, 1.82) is 0 Å². The van der Waals surface area contributed by atoms with Crippen LogP contribution in [0.25, 0.3) is 0 Å². The zero-order valence-electron chi connectivity index (χ0n) is 17.6. The first kappa shape index (κ1) is 23.2. The summed E-state index contributed by atoms with van der Waals surface area (Å²) in [6, 6.07) is 6.26. The molecule has 0 bridgehead atoms. The van der Waals surface area contributed by atoms with Gasteiger partial charge in [-0.25, -0.2) is 4.39 Å².